The minimum Gasteiger partial charge on any atom is -0.410 e. The molecule has 1 aromatic rings. The lowest BCUT2D eigenvalue weighted by Gasteiger charge is -2.30. The summed E-state index contributed by atoms with van der Waals surface area (Å²) in [5.74, 6) is 3.27. The molecule has 1 aromatic carbocycles. The lowest BCUT2D eigenvalue weighted by atomic mass is 9.95. The van der Waals surface area contributed by atoms with Gasteiger partial charge in [0.2, 0.25) is 0 Å². The van der Waals surface area contributed by atoms with Crippen molar-refractivity contribution in [2.75, 3.05) is 20.6 Å². The first-order valence-corrected chi connectivity index (χ1v) is 9.18. The Bertz CT molecular complexity index is 602. The number of ether oxygens (including phenoxy) is 1. The van der Waals surface area contributed by atoms with Crippen LogP contribution in [0.1, 0.15) is 44.6 Å². The summed E-state index contributed by atoms with van der Waals surface area (Å²) < 4.78 is 5.60. The molecule has 1 atom stereocenters. The van der Waals surface area contributed by atoms with Crippen LogP contribution in [0.15, 0.2) is 24.3 Å². The third-order valence-electron chi connectivity index (χ3n) is 5.14. The molecule has 4 heteroatoms. The Kier molecular flexibility index (Phi) is 7.33. The van der Waals surface area contributed by atoms with Crippen molar-refractivity contribution in [2.45, 2.75) is 57.5 Å². The van der Waals surface area contributed by atoms with Gasteiger partial charge in [-0.1, -0.05) is 37.3 Å². The molecule has 1 amide bonds. The van der Waals surface area contributed by atoms with Crippen LogP contribution >= 0.6 is 0 Å². The normalized spacial score (nSPS) is 16.3. The molecule has 0 saturated heterocycles. The van der Waals surface area contributed by atoms with Crippen LogP contribution < -0.4 is 4.74 Å². The summed E-state index contributed by atoms with van der Waals surface area (Å²) in [6.45, 7) is 2.77. The lowest BCUT2D eigenvalue weighted by Crippen LogP contribution is -2.40. The van der Waals surface area contributed by atoms with Crippen LogP contribution in [0.3, 0.4) is 0 Å². The zero-order valence-corrected chi connectivity index (χ0v) is 15.7. The first-order chi connectivity index (χ1) is 12.0. The molecule has 25 heavy (non-hydrogen) atoms. The predicted octanol–water partition coefficient (Wildman–Crippen LogP) is 3.95. The van der Waals surface area contributed by atoms with Crippen LogP contribution in [-0.2, 0) is 6.42 Å². The molecule has 1 fully saturated rings. The minimum absolute atomic E-state index is 0.262. The lowest BCUT2D eigenvalue weighted by molar-refractivity contribution is 0.133. The van der Waals surface area contributed by atoms with Gasteiger partial charge in [-0.2, -0.15) is 0 Å². The average molecular weight is 342 g/mol. The third kappa shape index (κ3) is 5.79. The Morgan fingerprint density at radius 3 is 2.72 bits per heavy atom. The van der Waals surface area contributed by atoms with Crippen molar-refractivity contribution >= 4 is 6.09 Å². The Morgan fingerprint density at radius 1 is 1.32 bits per heavy atom. The number of benzene rings is 1. The number of amides is 1. The molecule has 4 nitrogen and oxygen atoms in total. The number of likely N-dealkylation sites (N-methyl/N-ethyl adjacent to an activating group) is 1. The van der Waals surface area contributed by atoms with E-state index < -0.39 is 0 Å². The van der Waals surface area contributed by atoms with Crippen LogP contribution in [0, 0.1) is 12.3 Å². The van der Waals surface area contributed by atoms with E-state index in [9.17, 15) is 4.79 Å². The fourth-order valence-electron chi connectivity index (χ4n) is 3.32. The topological polar surface area (TPSA) is 32.8 Å². The zero-order valence-electron chi connectivity index (χ0n) is 15.7. The number of carbonyl (C=O) groups excluding carboxylic acids is 1. The summed E-state index contributed by atoms with van der Waals surface area (Å²) in [5.41, 5.74) is 1.14. The average Bonchev–Trinajstić information content (AvgIpc) is 2.62. The molecule has 136 valence electrons. The van der Waals surface area contributed by atoms with Gasteiger partial charge >= 0.3 is 6.09 Å². The molecule has 0 aromatic heterocycles. The van der Waals surface area contributed by atoms with E-state index in [0.717, 1.165) is 24.8 Å². The molecule has 0 aliphatic heterocycles. The van der Waals surface area contributed by atoms with E-state index in [1.165, 1.54) is 19.3 Å². The Hall–Kier alpha value is -1.99. The second-order valence-corrected chi connectivity index (χ2v) is 7.09. The van der Waals surface area contributed by atoms with E-state index in [1.807, 2.05) is 32.3 Å². The first-order valence-electron chi connectivity index (χ1n) is 9.18. The van der Waals surface area contributed by atoms with Gasteiger partial charge in [0.25, 0.3) is 0 Å². The van der Waals surface area contributed by atoms with E-state index in [1.54, 1.807) is 4.90 Å². The fraction of sp³-hybridized carbons (Fsp3) is 0.571. The highest BCUT2D eigenvalue weighted by Crippen LogP contribution is 2.23. The van der Waals surface area contributed by atoms with Crippen molar-refractivity contribution in [3.8, 4) is 18.1 Å². The quantitative estimate of drug-likeness (QED) is 0.734. The number of hydrogen-bond acceptors (Lipinski definition) is 3. The van der Waals surface area contributed by atoms with E-state index in [4.69, 9.17) is 11.2 Å². The van der Waals surface area contributed by atoms with Gasteiger partial charge < -0.3 is 9.64 Å². The van der Waals surface area contributed by atoms with E-state index in [2.05, 4.69) is 23.8 Å². The molecule has 1 aliphatic carbocycles. The van der Waals surface area contributed by atoms with E-state index in [0.29, 0.717) is 24.4 Å². The monoisotopic (exact) mass is 342 g/mol. The zero-order chi connectivity index (χ0) is 18.2. The molecule has 1 saturated carbocycles. The number of carbonyl (C=O) groups is 1. The second kappa shape index (κ2) is 9.48. The first kappa shape index (κ1) is 19.3. The van der Waals surface area contributed by atoms with Gasteiger partial charge in [0, 0.05) is 19.1 Å². The van der Waals surface area contributed by atoms with Crippen molar-refractivity contribution < 1.29 is 9.53 Å². The van der Waals surface area contributed by atoms with Crippen molar-refractivity contribution in [2.24, 2.45) is 0 Å². The number of nitrogens with zero attached hydrogens (tertiary/aromatic N) is 2. The van der Waals surface area contributed by atoms with Crippen LogP contribution in [0.5, 0.6) is 5.75 Å². The maximum Gasteiger partial charge on any atom is 0.415 e. The van der Waals surface area contributed by atoms with Crippen molar-refractivity contribution in [3.05, 3.63) is 29.8 Å². The third-order valence-corrected chi connectivity index (χ3v) is 5.14. The number of hydrogen-bond donors (Lipinski definition) is 0. The van der Waals surface area contributed by atoms with Gasteiger partial charge in [0.05, 0.1) is 6.54 Å². The molecular weight excluding hydrogens is 312 g/mol. The van der Waals surface area contributed by atoms with Gasteiger partial charge in [-0.3, -0.25) is 4.90 Å². The SMILES string of the molecule is C#CCN(C)[C@@H](C)Cc1cccc(OC(=O)N(C)C2CCCCC2)c1. The van der Waals surface area contributed by atoms with Crippen LogP contribution in [0.4, 0.5) is 4.79 Å². The van der Waals surface area contributed by atoms with Crippen molar-refractivity contribution in [1.29, 1.82) is 0 Å². The van der Waals surface area contributed by atoms with Gasteiger partial charge in [-0.25, -0.2) is 4.79 Å². The Labute approximate surface area is 152 Å². The Morgan fingerprint density at radius 2 is 2.04 bits per heavy atom. The van der Waals surface area contributed by atoms with Gasteiger partial charge in [0.1, 0.15) is 5.75 Å². The molecule has 0 radical (unpaired) electrons. The molecule has 1 aliphatic rings. The second-order valence-electron chi connectivity index (χ2n) is 7.09. The number of terminal acetylenes is 1. The van der Waals surface area contributed by atoms with Crippen molar-refractivity contribution in [3.63, 3.8) is 0 Å². The highest BCUT2D eigenvalue weighted by atomic mass is 16.6. The smallest absolute Gasteiger partial charge is 0.410 e. The van der Waals surface area contributed by atoms with Crippen LogP contribution in [0.25, 0.3) is 0 Å². The molecule has 2 rings (SSSR count). The minimum atomic E-state index is -0.262. The molecule has 0 spiro atoms. The van der Waals surface area contributed by atoms with Crippen LogP contribution in [0.2, 0.25) is 0 Å². The molecule has 0 bridgehead atoms. The van der Waals surface area contributed by atoms with Gasteiger partial charge in [0.15, 0.2) is 0 Å². The Balaban J connectivity index is 1.94. The largest absolute Gasteiger partial charge is 0.415 e. The summed E-state index contributed by atoms with van der Waals surface area (Å²) in [6.07, 6.45) is 11.8. The van der Waals surface area contributed by atoms with Gasteiger partial charge in [-0.15, -0.1) is 6.42 Å². The highest BCUT2D eigenvalue weighted by molar-refractivity contribution is 5.70. The van der Waals surface area contributed by atoms with Crippen LogP contribution in [-0.4, -0.2) is 48.6 Å². The predicted molar refractivity (Wildman–Crippen MR) is 102 cm³/mol. The summed E-state index contributed by atoms with van der Waals surface area (Å²) in [4.78, 5) is 16.3. The maximum atomic E-state index is 12.4. The summed E-state index contributed by atoms with van der Waals surface area (Å²) in [7, 11) is 3.87. The van der Waals surface area contributed by atoms with Gasteiger partial charge in [-0.05, 0) is 50.9 Å². The van der Waals surface area contributed by atoms with Crippen molar-refractivity contribution in [1.82, 2.24) is 9.80 Å². The maximum absolute atomic E-state index is 12.4. The molecular formula is C21H30N2O2. The standard InChI is InChI=1S/C21H30N2O2/c1-5-14-22(3)17(2)15-18-10-9-13-20(16-18)25-21(24)23(4)19-11-7-6-8-12-19/h1,9-10,13,16-17,19H,6-8,11-12,14-15H2,2-4H3/t17-/m0/s1. The number of rotatable bonds is 6. The summed E-state index contributed by atoms with van der Waals surface area (Å²) in [6, 6.07) is 8.42. The molecule has 0 N–H and O–H groups in total. The fourth-order valence-corrected chi connectivity index (χ4v) is 3.32. The van der Waals surface area contributed by atoms with E-state index >= 15 is 0 Å². The highest BCUT2D eigenvalue weighted by Gasteiger charge is 2.23. The summed E-state index contributed by atoms with van der Waals surface area (Å²) in [5, 5.41) is 0. The molecule has 0 heterocycles. The molecule has 0 unspecified atom stereocenters. The van der Waals surface area contributed by atoms with E-state index in [-0.39, 0.29) is 6.09 Å². The summed E-state index contributed by atoms with van der Waals surface area (Å²) >= 11 is 0.